The summed E-state index contributed by atoms with van der Waals surface area (Å²) >= 11 is 0. The van der Waals surface area contributed by atoms with E-state index in [0.29, 0.717) is 0 Å². The highest BCUT2D eigenvalue weighted by Gasteiger charge is 2.20. The van der Waals surface area contributed by atoms with Crippen molar-refractivity contribution in [2.75, 3.05) is 0 Å². The Morgan fingerprint density at radius 3 is 1.55 bits per heavy atom. The van der Waals surface area contributed by atoms with E-state index in [4.69, 9.17) is 0 Å². The number of fused-ring (bicyclic) bond motifs is 5. The van der Waals surface area contributed by atoms with E-state index in [1.54, 1.807) is 0 Å². The van der Waals surface area contributed by atoms with Gasteiger partial charge in [0.25, 0.3) is 0 Å². The van der Waals surface area contributed by atoms with Gasteiger partial charge >= 0.3 is 0 Å². The molecule has 0 spiro atoms. The molecule has 0 unspecified atom stereocenters. The highest BCUT2D eigenvalue weighted by Crippen LogP contribution is 2.47. The van der Waals surface area contributed by atoms with Gasteiger partial charge in [0.15, 0.2) is 0 Å². The number of hydrogen-bond donors (Lipinski definition) is 0. The molecule has 0 radical (unpaired) electrons. The lowest BCUT2D eigenvalue weighted by atomic mass is 9.82. The van der Waals surface area contributed by atoms with Gasteiger partial charge in [-0.1, -0.05) is 158 Å². The van der Waals surface area contributed by atoms with Crippen LogP contribution in [0.2, 0.25) is 0 Å². The lowest BCUT2D eigenvalue weighted by Gasteiger charge is -2.21. The standard InChI is InChI=1S/C40H26/c1-2-11-28(12-3-1)34-23-21-30-15-6-9-19-33(30)39(34)38-26-25-35-31-17-7-5-14-29(31)22-24-37(35)40(38)36-20-10-16-27-13-4-8-18-32(27)36/h1-26H. The second kappa shape index (κ2) is 9.22. The average molecular weight is 507 g/mol. The Balaban J connectivity index is 1.58. The molecule has 0 heterocycles. The van der Waals surface area contributed by atoms with E-state index in [9.17, 15) is 0 Å². The molecule has 0 aliphatic carbocycles. The first-order valence-electron chi connectivity index (χ1n) is 13.9. The molecule has 0 saturated carbocycles. The molecular weight excluding hydrogens is 480 g/mol. The monoisotopic (exact) mass is 506 g/mol. The van der Waals surface area contributed by atoms with Gasteiger partial charge in [-0.2, -0.15) is 0 Å². The molecule has 0 bridgehead atoms. The molecule has 186 valence electrons. The summed E-state index contributed by atoms with van der Waals surface area (Å²) < 4.78 is 0. The molecule has 8 aromatic carbocycles. The van der Waals surface area contributed by atoms with Crippen molar-refractivity contribution in [2.24, 2.45) is 0 Å². The summed E-state index contributed by atoms with van der Waals surface area (Å²) in [6, 6.07) is 57.6. The Morgan fingerprint density at radius 1 is 0.225 bits per heavy atom. The Morgan fingerprint density at radius 2 is 0.750 bits per heavy atom. The van der Waals surface area contributed by atoms with Gasteiger partial charge in [-0.25, -0.2) is 0 Å². The van der Waals surface area contributed by atoms with Crippen molar-refractivity contribution in [1.29, 1.82) is 0 Å². The predicted molar refractivity (Wildman–Crippen MR) is 173 cm³/mol. The summed E-state index contributed by atoms with van der Waals surface area (Å²) in [6.07, 6.45) is 0. The molecule has 0 aliphatic rings. The molecule has 0 nitrogen and oxygen atoms in total. The van der Waals surface area contributed by atoms with Crippen molar-refractivity contribution in [3.8, 4) is 33.4 Å². The van der Waals surface area contributed by atoms with Crippen LogP contribution in [-0.2, 0) is 0 Å². The van der Waals surface area contributed by atoms with Crippen molar-refractivity contribution in [1.82, 2.24) is 0 Å². The van der Waals surface area contributed by atoms with Crippen LogP contribution in [0.5, 0.6) is 0 Å². The summed E-state index contributed by atoms with van der Waals surface area (Å²) in [4.78, 5) is 0. The highest BCUT2D eigenvalue weighted by molar-refractivity contribution is 6.20. The maximum absolute atomic E-state index is 2.36. The van der Waals surface area contributed by atoms with Crippen LogP contribution >= 0.6 is 0 Å². The fraction of sp³-hybridized carbons (Fsp3) is 0. The van der Waals surface area contributed by atoms with Crippen LogP contribution in [0.15, 0.2) is 158 Å². The number of rotatable bonds is 3. The first kappa shape index (κ1) is 22.8. The van der Waals surface area contributed by atoms with Gasteiger partial charge in [0.05, 0.1) is 0 Å². The molecule has 0 aromatic heterocycles. The Kier molecular flexibility index (Phi) is 5.24. The third kappa shape index (κ3) is 3.54. The van der Waals surface area contributed by atoms with E-state index in [1.807, 2.05) is 0 Å². The smallest absolute Gasteiger partial charge is 0.00199 e. The van der Waals surface area contributed by atoms with Crippen molar-refractivity contribution >= 4 is 43.1 Å². The number of benzene rings is 8. The molecule has 0 amide bonds. The van der Waals surface area contributed by atoms with Crippen LogP contribution in [0, 0.1) is 0 Å². The summed E-state index contributed by atoms with van der Waals surface area (Å²) in [6.45, 7) is 0. The van der Waals surface area contributed by atoms with Gasteiger partial charge in [-0.05, 0) is 76.5 Å². The Labute approximate surface area is 233 Å². The lowest BCUT2D eigenvalue weighted by molar-refractivity contribution is 1.61. The summed E-state index contributed by atoms with van der Waals surface area (Å²) in [5.41, 5.74) is 7.57. The Hall–Kier alpha value is -5.20. The molecule has 0 N–H and O–H groups in total. The van der Waals surface area contributed by atoms with Crippen LogP contribution in [0.4, 0.5) is 0 Å². The summed E-state index contributed by atoms with van der Waals surface area (Å²) in [5.74, 6) is 0. The highest BCUT2D eigenvalue weighted by atomic mass is 14.2. The van der Waals surface area contributed by atoms with Gasteiger partial charge in [0.1, 0.15) is 0 Å². The normalized spacial score (nSPS) is 11.5. The van der Waals surface area contributed by atoms with E-state index < -0.39 is 0 Å². The fourth-order valence-corrected chi connectivity index (χ4v) is 6.45. The quantitative estimate of drug-likeness (QED) is 0.209. The first-order valence-corrected chi connectivity index (χ1v) is 13.9. The predicted octanol–water partition coefficient (Wildman–Crippen LogP) is 11.3. The third-order valence-corrected chi connectivity index (χ3v) is 8.27. The molecule has 0 heteroatoms. The molecule has 0 fully saturated rings. The van der Waals surface area contributed by atoms with E-state index in [-0.39, 0.29) is 0 Å². The average Bonchev–Trinajstić information content (AvgIpc) is 3.04. The minimum absolute atomic E-state index is 1.23. The van der Waals surface area contributed by atoms with Crippen molar-refractivity contribution in [2.45, 2.75) is 0 Å². The lowest BCUT2D eigenvalue weighted by Crippen LogP contribution is -1.94. The zero-order valence-corrected chi connectivity index (χ0v) is 22.0. The van der Waals surface area contributed by atoms with Crippen LogP contribution in [-0.4, -0.2) is 0 Å². The van der Waals surface area contributed by atoms with Gasteiger partial charge in [-0.15, -0.1) is 0 Å². The van der Waals surface area contributed by atoms with Crippen LogP contribution < -0.4 is 0 Å². The van der Waals surface area contributed by atoms with Crippen molar-refractivity contribution in [3.63, 3.8) is 0 Å². The van der Waals surface area contributed by atoms with Gasteiger partial charge < -0.3 is 0 Å². The number of hydrogen-bond acceptors (Lipinski definition) is 0. The minimum atomic E-state index is 1.23. The van der Waals surface area contributed by atoms with Gasteiger partial charge in [0, 0.05) is 0 Å². The maximum atomic E-state index is 2.36. The second-order valence-electron chi connectivity index (χ2n) is 10.5. The first-order chi connectivity index (χ1) is 19.9. The van der Waals surface area contributed by atoms with Crippen molar-refractivity contribution < 1.29 is 0 Å². The third-order valence-electron chi connectivity index (χ3n) is 8.27. The van der Waals surface area contributed by atoms with Gasteiger partial charge in [0.2, 0.25) is 0 Å². The van der Waals surface area contributed by atoms with E-state index in [1.165, 1.54) is 76.5 Å². The van der Waals surface area contributed by atoms with Crippen LogP contribution in [0.3, 0.4) is 0 Å². The van der Waals surface area contributed by atoms with E-state index in [2.05, 4.69) is 158 Å². The molecule has 8 rings (SSSR count). The van der Waals surface area contributed by atoms with Crippen LogP contribution in [0.25, 0.3) is 76.5 Å². The van der Waals surface area contributed by atoms with E-state index >= 15 is 0 Å². The topological polar surface area (TPSA) is 0 Å². The SMILES string of the molecule is c1ccc(-c2ccc3ccccc3c2-c2ccc3c(ccc4ccccc43)c2-c2cccc3ccccc23)cc1. The largest absolute Gasteiger partial charge is 0.0622 e. The molecule has 0 saturated heterocycles. The van der Waals surface area contributed by atoms with Gasteiger partial charge in [-0.3, -0.25) is 0 Å². The summed E-state index contributed by atoms with van der Waals surface area (Å²) in [5, 5.41) is 10.2. The molecule has 0 atom stereocenters. The molecule has 40 heavy (non-hydrogen) atoms. The fourth-order valence-electron chi connectivity index (χ4n) is 6.45. The van der Waals surface area contributed by atoms with Crippen LogP contribution in [0.1, 0.15) is 0 Å². The van der Waals surface area contributed by atoms with Crippen molar-refractivity contribution in [3.05, 3.63) is 158 Å². The zero-order valence-electron chi connectivity index (χ0n) is 22.0. The second-order valence-corrected chi connectivity index (χ2v) is 10.5. The molecule has 0 aliphatic heterocycles. The minimum Gasteiger partial charge on any atom is -0.0622 e. The molecule has 8 aromatic rings. The van der Waals surface area contributed by atoms with E-state index in [0.717, 1.165) is 0 Å². The zero-order chi connectivity index (χ0) is 26.5. The molecular formula is C40H26. The summed E-state index contributed by atoms with van der Waals surface area (Å²) in [7, 11) is 0. The Bertz CT molecular complexity index is 2200. The maximum Gasteiger partial charge on any atom is -0.00199 e.